The number of hydrogen-bond acceptors (Lipinski definition) is 7. The summed E-state index contributed by atoms with van der Waals surface area (Å²) in [5, 5.41) is 23.3. The quantitative estimate of drug-likeness (QED) is 0.177. The molecule has 0 bridgehead atoms. The summed E-state index contributed by atoms with van der Waals surface area (Å²) in [4.78, 5) is 36.0. The normalized spacial score (nSPS) is 14.0. The van der Waals surface area contributed by atoms with E-state index in [1.54, 1.807) is 12.1 Å². The highest BCUT2D eigenvalue weighted by Gasteiger charge is 2.27. The molecule has 3 atom stereocenters. The number of aliphatic carboxylic acids is 1. The summed E-state index contributed by atoms with van der Waals surface area (Å²) in [6, 6.07) is 3.30. The summed E-state index contributed by atoms with van der Waals surface area (Å²) >= 11 is 3.91. The molecule has 0 aliphatic carbocycles. The van der Waals surface area contributed by atoms with Crippen LogP contribution in [-0.2, 0) is 20.8 Å². The molecule has 0 saturated heterocycles. The van der Waals surface area contributed by atoms with Crippen LogP contribution in [0.1, 0.15) is 24.8 Å². The predicted molar refractivity (Wildman–Crippen MR) is 108 cm³/mol. The number of rotatable bonds is 12. The number of amides is 2. The van der Waals surface area contributed by atoms with Gasteiger partial charge in [0.2, 0.25) is 11.8 Å². The Labute approximate surface area is 169 Å². The van der Waals surface area contributed by atoms with E-state index in [4.69, 9.17) is 16.6 Å². The van der Waals surface area contributed by atoms with E-state index in [9.17, 15) is 19.5 Å². The zero-order valence-corrected chi connectivity index (χ0v) is 16.4. The summed E-state index contributed by atoms with van der Waals surface area (Å²) in [6.45, 7) is 0.442. The lowest BCUT2D eigenvalue weighted by Gasteiger charge is -2.22. The third kappa shape index (κ3) is 8.15. The van der Waals surface area contributed by atoms with Crippen LogP contribution in [0.3, 0.4) is 0 Å². The highest BCUT2D eigenvalue weighted by atomic mass is 32.1. The van der Waals surface area contributed by atoms with Gasteiger partial charge in [-0.15, -0.1) is 0 Å². The molecule has 0 spiro atoms. The molecule has 9 nitrogen and oxygen atoms in total. The fraction of sp³-hybridized carbons (Fsp3) is 0.500. The van der Waals surface area contributed by atoms with E-state index in [2.05, 4.69) is 23.3 Å². The van der Waals surface area contributed by atoms with Crippen molar-refractivity contribution in [3.63, 3.8) is 0 Å². The van der Waals surface area contributed by atoms with E-state index < -0.39 is 35.9 Å². The first-order valence-electron chi connectivity index (χ1n) is 8.96. The minimum Gasteiger partial charge on any atom is -0.508 e. The minimum absolute atomic E-state index is 0.0785. The van der Waals surface area contributed by atoms with Gasteiger partial charge in [-0.25, -0.2) is 4.79 Å². The molecule has 156 valence electrons. The average Bonchev–Trinajstić information content (AvgIpc) is 2.66. The highest BCUT2D eigenvalue weighted by molar-refractivity contribution is 7.80. The fourth-order valence-corrected chi connectivity index (χ4v) is 2.72. The van der Waals surface area contributed by atoms with Crippen LogP contribution >= 0.6 is 12.6 Å². The molecule has 0 aliphatic heterocycles. The van der Waals surface area contributed by atoms with Gasteiger partial charge in [-0.3, -0.25) is 9.59 Å². The van der Waals surface area contributed by atoms with Gasteiger partial charge < -0.3 is 32.3 Å². The monoisotopic (exact) mass is 412 g/mol. The van der Waals surface area contributed by atoms with Gasteiger partial charge in [-0.2, -0.15) is 12.6 Å². The number of carboxylic acids is 1. The standard InChI is InChI=1S/C18H28N4O5S/c19-8-2-1-3-14(17(25)22-15(10-28)18(26)27)21-16(24)13(20)9-11-4-6-12(23)7-5-11/h4-7,13-15,23,28H,1-3,8-10,19-20H2,(H,21,24)(H,22,25)(H,26,27)/t13-,14+,15-/m0/s1. The van der Waals surface area contributed by atoms with Crippen LogP contribution in [0.5, 0.6) is 5.75 Å². The van der Waals surface area contributed by atoms with E-state index in [0.717, 1.165) is 5.56 Å². The van der Waals surface area contributed by atoms with E-state index in [1.807, 2.05) is 0 Å². The number of carboxylic acid groups (broad SMARTS) is 1. The third-order valence-corrected chi connectivity index (χ3v) is 4.47. The Morgan fingerprint density at radius 1 is 1.04 bits per heavy atom. The Balaban J connectivity index is 2.74. The molecule has 0 aromatic heterocycles. The second-order valence-corrected chi connectivity index (χ2v) is 6.77. The van der Waals surface area contributed by atoms with Gasteiger partial charge in [0.05, 0.1) is 6.04 Å². The smallest absolute Gasteiger partial charge is 0.327 e. The maximum Gasteiger partial charge on any atom is 0.327 e. The zero-order chi connectivity index (χ0) is 21.1. The Morgan fingerprint density at radius 3 is 2.18 bits per heavy atom. The molecule has 8 N–H and O–H groups in total. The van der Waals surface area contributed by atoms with E-state index in [-0.39, 0.29) is 17.9 Å². The number of thiol groups is 1. The number of carbonyl (C=O) groups excluding carboxylic acids is 2. The fourth-order valence-electron chi connectivity index (χ4n) is 2.48. The third-order valence-electron chi connectivity index (χ3n) is 4.11. The van der Waals surface area contributed by atoms with Crippen molar-refractivity contribution in [2.45, 2.75) is 43.8 Å². The van der Waals surface area contributed by atoms with Crippen molar-refractivity contribution in [1.82, 2.24) is 10.6 Å². The molecule has 0 aliphatic rings. The van der Waals surface area contributed by atoms with Crippen molar-refractivity contribution < 1.29 is 24.6 Å². The summed E-state index contributed by atoms with van der Waals surface area (Å²) in [5.41, 5.74) is 12.2. The van der Waals surface area contributed by atoms with Crippen molar-refractivity contribution >= 4 is 30.4 Å². The maximum atomic E-state index is 12.4. The molecule has 1 aromatic rings. The number of benzene rings is 1. The average molecular weight is 413 g/mol. The maximum absolute atomic E-state index is 12.4. The molecule has 0 heterocycles. The Kier molecular flexibility index (Phi) is 10.4. The van der Waals surface area contributed by atoms with Crippen LogP contribution in [0, 0.1) is 0 Å². The van der Waals surface area contributed by atoms with Crippen LogP contribution in [-0.4, -0.2) is 58.4 Å². The molecule has 10 heteroatoms. The Hall–Kier alpha value is -2.30. The molecule has 0 radical (unpaired) electrons. The lowest BCUT2D eigenvalue weighted by molar-refractivity contribution is -0.141. The topological polar surface area (TPSA) is 168 Å². The van der Waals surface area contributed by atoms with E-state index in [0.29, 0.717) is 25.8 Å². The lowest BCUT2D eigenvalue weighted by atomic mass is 10.0. The molecule has 0 fully saturated rings. The first-order chi connectivity index (χ1) is 13.3. The van der Waals surface area contributed by atoms with Crippen LogP contribution in [0.25, 0.3) is 0 Å². The van der Waals surface area contributed by atoms with Crippen molar-refractivity contribution in [1.29, 1.82) is 0 Å². The van der Waals surface area contributed by atoms with E-state index in [1.165, 1.54) is 12.1 Å². The first kappa shape index (κ1) is 23.7. The summed E-state index contributed by atoms with van der Waals surface area (Å²) < 4.78 is 0. The van der Waals surface area contributed by atoms with Crippen LogP contribution in [0.4, 0.5) is 0 Å². The van der Waals surface area contributed by atoms with Crippen LogP contribution < -0.4 is 22.1 Å². The second kappa shape index (κ2) is 12.2. The number of phenolic OH excluding ortho intramolecular Hbond substituents is 1. The number of carbonyl (C=O) groups is 3. The van der Waals surface area contributed by atoms with Gasteiger partial charge in [-0.05, 0) is 49.9 Å². The number of unbranched alkanes of at least 4 members (excludes halogenated alkanes) is 1. The van der Waals surface area contributed by atoms with Crippen molar-refractivity contribution in [2.24, 2.45) is 11.5 Å². The van der Waals surface area contributed by atoms with Gasteiger partial charge in [0.15, 0.2) is 0 Å². The highest BCUT2D eigenvalue weighted by Crippen LogP contribution is 2.11. The van der Waals surface area contributed by atoms with Gasteiger partial charge in [0.25, 0.3) is 0 Å². The van der Waals surface area contributed by atoms with Gasteiger partial charge in [0, 0.05) is 5.75 Å². The van der Waals surface area contributed by atoms with Crippen molar-refractivity contribution in [3.8, 4) is 5.75 Å². The number of hydrogen-bond donors (Lipinski definition) is 7. The molecule has 0 unspecified atom stereocenters. The minimum atomic E-state index is -1.21. The van der Waals surface area contributed by atoms with Crippen molar-refractivity contribution in [2.75, 3.05) is 12.3 Å². The number of aromatic hydroxyl groups is 1. The summed E-state index contributed by atoms with van der Waals surface area (Å²) in [6.07, 6.45) is 1.77. The second-order valence-electron chi connectivity index (χ2n) is 6.40. The molecule has 1 aromatic carbocycles. The molecular formula is C18H28N4O5S. The van der Waals surface area contributed by atoms with E-state index >= 15 is 0 Å². The Bertz CT molecular complexity index is 656. The van der Waals surface area contributed by atoms with Gasteiger partial charge in [-0.1, -0.05) is 12.1 Å². The summed E-state index contributed by atoms with van der Waals surface area (Å²) in [5.74, 6) is -2.32. The van der Waals surface area contributed by atoms with Crippen LogP contribution in [0.2, 0.25) is 0 Å². The number of phenols is 1. The molecule has 0 saturated carbocycles. The number of nitrogens with two attached hydrogens (primary N) is 2. The first-order valence-corrected chi connectivity index (χ1v) is 9.59. The van der Waals surface area contributed by atoms with Crippen LogP contribution in [0.15, 0.2) is 24.3 Å². The lowest BCUT2D eigenvalue weighted by Crippen LogP contribution is -2.55. The number of nitrogens with one attached hydrogen (secondary N) is 2. The summed E-state index contributed by atoms with van der Waals surface area (Å²) in [7, 11) is 0. The molecule has 2 amide bonds. The molecular weight excluding hydrogens is 384 g/mol. The predicted octanol–water partition coefficient (Wildman–Crippen LogP) is -0.625. The largest absolute Gasteiger partial charge is 0.508 e. The van der Waals surface area contributed by atoms with Crippen molar-refractivity contribution in [3.05, 3.63) is 29.8 Å². The molecule has 28 heavy (non-hydrogen) atoms. The zero-order valence-electron chi connectivity index (χ0n) is 15.5. The SMILES string of the molecule is NCCCC[C@@H](NC(=O)[C@@H](N)Cc1ccc(O)cc1)C(=O)N[C@@H](CS)C(=O)O. The Morgan fingerprint density at radius 2 is 1.64 bits per heavy atom. The molecule has 1 rings (SSSR count). The van der Waals surface area contributed by atoms with Gasteiger partial charge >= 0.3 is 5.97 Å². The van der Waals surface area contributed by atoms with Gasteiger partial charge in [0.1, 0.15) is 17.8 Å².